The van der Waals surface area contributed by atoms with Crippen molar-refractivity contribution in [3.05, 3.63) is 29.8 Å². The number of nitrogens with zero attached hydrogens (tertiary/aromatic N) is 1. The van der Waals surface area contributed by atoms with E-state index in [1.165, 1.54) is 4.90 Å². The molecule has 1 unspecified atom stereocenters. The SMILES string of the molecule is Cc1ccc(OC(C)C(=O)N(C)CCC(=O)O)cc1. The first-order chi connectivity index (χ1) is 8.90. The number of likely N-dealkylation sites (N-methyl/N-ethyl adjacent to an activating group) is 1. The number of hydrogen-bond donors (Lipinski definition) is 1. The lowest BCUT2D eigenvalue weighted by Gasteiger charge is -2.21. The third-order valence-electron chi connectivity index (χ3n) is 2.72. The van der Waals surface area contributed by atoms with Gasteiger partial charge in [-0.15, -0.1) is 0 Å². The Labute approximate surface area is 112 Å². The van der Waals surface area contributed by atoms with Crippen LogP contribution in [0, 0.1) is 6.92 Å². The molecule has 5 heteroatoms. The first-order valence-corrected chi connectivity index (χ1v) is 6.10. The van der Waals surface area contributed by atoms with Crippen molar-refractivity contribution < 1.29 is 19.4 Å². The molecule has 0 aliphatic heterocycles. The molecule has 0 aliphatic carbocycles. The number of carboxylic acid groups (broad SMARTS) is 1. The molecule has 1 N–H and O–H groups in total. The van der Waals surface area contributed by atoms with Crippen molar-refractivity contribution in [1.29, 1.82) is 0 Å². The summed E-state index contributed by atoms with van der Waals surface area (Å²) in [6, 6.07) is 7.41. The molecule has 1 amide bonds. The predicted octanol–water partition coefficient (Wildman–Crippen LogP) is 1.70. The largest absolute Gasteiger partial charge is 0.481 e. The fraction of sp³-hybridized carbons (Fsp3) is 0.429. The van der Waals surface area contributed by atoms with Crippen molar-refractivity contribution in [3.8, 4) is 5.75 Å². The molecule has 1 aromatic rings. The molecule has 0 radical (unpaired) electrons. The third kappa shape index (κ3) is 4.99. The first-order valence-electron chi connectivity index (χ1n) is 6.10. The van der Waals surface area contributed by atoms with Crippen molar-refractivity contribution in [2.45, 2.75) is 26.4 Å². The minimum Gasteiger partial charge on any atom is -0.481 e. The first kappa shape index (κ1) is 15.0. The third-order valence-corrected chi connectivity index (χ3v) is 2.72. The quantitative estimate of drug-likeness (QED) is 0.850. The Morgan fingerprint density at radius 3 is 2.42 bits per heavy atom. The molecule has 5 nitrogen and oxygen atoms in total. The van der Waals surface area contributed by atoms with Gasteiger partial charge in [0.05, 0.1) is 6.42 Å². The van der Waals surface area contributed by atoms with Gasteiger partial charge in [-0.3, -0.25) is 9.59 Å². The van der Waals surface area contributed by atoms with Gasteiger partial charge in [0.2, 0.25) is 0 Å². The Kier molecular flexibility index (Phi) is 5.36. The highest BCUT2D eigenvalue weighted by molar-refractivity contribution is 5.81. The van der Waals surface area contributed by atoms with E-state index in [1.54, 1.807) is 26.1 Å². The number of carboxylic acids is 1. The van der Waals surface area contributed by atoms with Crippen molar-refractivity contribution in [3.63, 3.8) is 0 Å². The number of carbonyl (C=O) groups is 2. The Morgan fingerprint density at radius 1 is 1.32 bits per heavy atom. The smallest absolute Gasteiger partial charge is 0.305 e. The minimum absolute atomic E-state index is 0.0699. The summed E-state index contributed by atoms with van der Waals surface area (Å²) in [6.45, 7) is 3.80. The Hall–Kier alpha value is -2.04. The second kappa shape index (κ2) is 6.78. The lowest BCUT2D eigenvalue weighted by molar-refractivity contribution is -0.140. The standard InChI is InChI=1S/C14H19NO4/c1-10-4-6-12(7-5-10)19-11(2)14(18)15(3)9-8-13(16)17/h4-7,11H,8-9H2,1-3H3,(H,16,17). The Morgan fingerprint density at radius 2 is 1.89 bits per heavy atom. The van der Waals surface area contributed by atoms with Gasteiger partial charge in [-0.05, 0) is 26.0 Å². The van der Waals surface area contributed by atoms with E-state index in [0.29, 0.717) is 5.75 Å². The molecule has 0 saturated heterocycles. The molecule has 104 valence electrons. The fourth-order valence-electron chi connectivity index (χ4n) is 1.56. The molecular formula is C14H19NO4. The van der Waals surface area contributed by atoms with E-state index in [1.807, 2.05) is 19.1 Å². The minimum atomic E-state index is -0.924. The zero-order valence-electron chi connectivity index (χ0n) is 11.4. The predicted molar refractivity (Wildman–Crippen MR) is 71.2 cm³/mol. The van der Waals surface area contributed by atoms with Gasteiger partial charge in [0, 0.05) is 13.6 Å². The van der Waals surface area contributed by atoms with Crippen LogP contribution in [-0.2, 0) is 9.59 Å². The fourth-order valence-corrected chi connectivity index (χ4v) is 1.56. The van der Waals surface area contributed by atoms with E-state index in [-0.39, 0.29) is 18.9 Å². The van der Waals surface area contributed by atoms with Gasteiger partial charge in [0.25, 0.3) is 5.91 Å². The number of carbonyl (C=O) groups excluding carboxylic acids is 1. The van der Waals surface area contributed by atoms with E-state index < -0.39 is 12.1 Å². The van der Waals surface area contributed by atoms with Crippen LogP contribution in [0.25, 0.3) is 0 Å². The molecule has 1 atom stereocenters. The molecule has 0 spiro atoms. The van der Waals surface area contributed by atoms with Crippen molar-refractivity contribution in [2.24, 2.45) is 0 Å². The van der Waals surface area contributed by atoms with E-state index in [0.717, 1.165) is 5.56 Å². The molecule has 19 heavy (non-hydrogen) atoms. The number of benzene rings is 1. The molecular weight excluding hydrogens is 246 g/mol. The summed E-state index contributed by atoms with van der Waals surface area (Å²) in [5.41, 5.74) is 1.12. The second-order valence-electron chi connectivity index (χ2n) is 4.48. The number of rotatable bonds is 6. The van der Waals surface area contributed by atoms with Crippen molar-refractivity contribution >= 4 is 11.9 Å². The highest BCUT2D eigenvalue weighted by Gasteiger charge is 2.19. The lowest BCUT2D eigenvalue weighted by atomic mass is 10.2. The summed E-state index contributed by atoms with van der Waals surface area (Å²) in [5.74, 6) is -0.535. The van der Waals surface area contributed by atoms with Crippen LogP contribution < -0.4 is 4.74 Å². The number of aliphatic carboxylic acids is 1. The van der Waals surface area contributed by atoms with Crippen LogP contribution in [0.5, 0.6) is 5.75 Å². The van der Waals surface area contributed by atoms with Crippen LogP contribution in [0.3, 0.4) is 0 Å². The molecule has 0 saturated carbocycles. The summed E-state index contributed by atoms with van der Waals surface area (Å²) in [6.07, 6.45) is -0.707. The van der Waals surface area contributed by atoms with Gasteiger partial charge >= 0.3 is 5.97 Å². The van der Waals surface area contributed by atoms with Gasteiger partial charge in [0.15, 0.2) is 6.10 Å². The second-order valence-corrected chi connectivity index (χ2v) is 4.48. The lowest BCUT2D eigenvalue weighted by Crippen LogP contribution is -2.38. The van der Waals surface area contributed by atoms with Crippen LogP contribution in [0.1, 0.15) is 18.9 Å². The van der Waals surface area contributed by atoms with Crippen molar-refractivity contribution in [2.75, 3.05) is 13.6 Å². The van der Waals surface area contributed by atoms with Crippen molar-refractivity contribution in [1.82, 2.24) is 4.90 Å². The van der Waals surface area contributed by atoms with E-state index in [2.05, 4.69) is 0 Å². The molecule has 0 fully saturated rings. The van der Waals surface area contributed by atoms with E-state index >= 15 is 0 Å². The van der Waals surface area contributed by atoms with Gasteiger partial charge in [-0.2, -0.15) is 0 Å². The van der Waals surface area contributed by atoms with Crippen LogP contribution in [0.4, 0.5) is 0 Å². The average molecular weight is 265 g/mol. The average Bonchev–Trinajstić information content (AvgIpc) is 2.37. The summed E-state index contributed by atoms with van der Waals surface area (Å²) in [7, 11) is 1.57. The maximum absolute atomic E-state index is 11.9. The number of aryl methyl sites for hydroxylation is 1. The van der Waals surface area contributed by atoms with Gasteiger partial charge in [-0.1, -0.05) is 17.7 Å². The normalized spacial score (nSPS) is 11.7. The summed E-state index contributed by atoms with van der Waals surface area (Å²) >= 11 is 0. The molecule has 1 rings (SSSR count). The maximum atomic E-state index is 11.9. The molecule has 0 aromatic heterocycles. The Balaban J connectivity index is 2.52. The summed E-state index contributed by atoms with van der Waals surface area (Å²) in [4.78, 5) is 23.8. The molecule has 0 bridgehead atoms. The van der Waals surface area contributed by atoms with Gasteiger partial charge in [-0.25, -0.2) is 0 Å². The van der Waals surface area contributed by atoms with E-state index in [9.17, 15) is 9.59 Å². The van der Waals surface area contributed by atoms with Crippen LogP contribution in [0.2, 0.25) is 0 Å². The van der Waals surface area contributed by atoms with Crippen LogP contribution in [-0.4, -0.2) is 41.6 Å². The number of hydrogen-bond acceptors (Lipinski definition) is 3. The highest BCUT2D eigenvalue weighted by atomic mass is 16.5. The summed E-state index contributed by atoms with van der Waals surface area (Å²) in [5, 5.41) is 8.57. The van der Waals surface area contributed by atoms with Gasteiger partial charge < -0.3 is 14.7 Å². The molecule has 1 aromatic carbocycles. The zero-order valence-corrected chi connectivity index (χ0v) is 11.4. The van der Waals surface area contributed by atoms with Gasteiger partial charge in [0.1, 0.15) is 5.75 Å². The molecule has 0 heterocycles. The number of amides is 1. The molecule has 0 aliphatic rings. The van der Waals surface area contributed by atoms with E-state index in [4.69, 9.17) is 9.84 Å². The topological polar surface area (TPSA) is 66.8 Å². The Bertz CT molecular complexity index is 441. The highest BCUT2D eigenvalue weighted by Crippen LogP contribution is 2.14. The monoisotopic (exact) mass is 265 g/mol. The maximum Gasteiger partial charge on any atom is 0.305 e. The van der Waals surface area contributed by atoms with Crippen LogP contribution in [0.15, 0.2) is 24.3 Å². The zero-order chi connectivity index (χ0) is 14.4. The summed E-state index contributed by atoms with van der Waals surface area (Å²) < 4.78 is 5.52. The van der Waals surface area contributed by atoms with Crippen LogP contribution >= 0.6 is 0 Å². The number of ether oxygens (including phenoxy) is 1.